The molecule has 13 heavy (non-hydrogen) atoms. The minimum atomic E-state index is -1.56. The Balaban J connectivity index is 3.78. The van der Waals surface area contributed by atoms with Crippen LogP contribution in [0.25, 0.3) is 0 Å². The van der Waals surface area contributed by atoms with Gasteiger partial charge in [0.1, 0.15) is 0 Å². The van der Waals surface area contributed by atoms with Gasteiger partial charge in [0.15, 0.2) is 0 Å². The summed E-state index contributed by atoms with van der Waals surface area (Å²) in [6.45, 7) is 6.04. The van der Waals surface area contributed by atoms with Crippen LogP contribution in [0.4, 0.5) is 8.78 Å². The predicted molar refractivity (Wildman–Crippen MR) is 51.8 cm³/mol. The van der Waals surface area contributed by atoms with Gasteiger partial charge in [-0.25, -0.2) is 0 Å². The van der Waals surface area contributed by atoms with Crippen LogP contribution in [0.2, 0.25) is 0 Å². The van der Waals surface area contributed by atoms with Crippen molar-refractivity contribution >= 4 is 0 Å². The molecule has 0 saturated carbocycles. The van der Waals surface area contributed by atoms with Gasteiger partial charge in [-0.2, -0.15) is 8.78 Å². The summed E-state index contributed by atoms with van der Waals surface area (Å²) in [6.07, 6.45) is -0.506. The lowest BCUT2D eigenvalue weighted by atomic mass is 10.1. The summed E-state index contributed by atoms with van der Waals surface area (Å²) >= 11 is 0. The van der Waals surface area contributed by atoms with Gasteiger partial charge in [-0.1, -0.05) is 12.2 Å². The molecule has 0 aliphatic heterocycles. The van der Waals surface area contributed by atoms with Crippen LogP contribution in [-0.4, -0.2) is 25.5 Å². The quantitative estimate of drug-likeness (QED) is 0.601. The van der Waals surface area contributed by atoms with Gasteiger partial charge in [-0.3, -0.25) is 0 Å². The third kappa shape index (κ3) is 6.46. The van der Waals surface area contributed by atoms with Gasteiger partial charge in [0.25, 0.3) is 6.08 Å². The third-order valence-corrected chi connectivity index (χ3v) is 1.72. The van der Waals surface area contributed by atoms with Crippen molar-refractivity contribution in [1.82, 2.24) is 4.90 Å². The standard InChI is InChI=1S/C10H17F2N/c1-8(7-13(3)4)5-6-9(2)10(11)12/h1,5-7H2,2-4H3. The molecule has 0 aromatic heterocycles. The maximum atomic E-state index is 12.0. The Hall–Kier alpha value is -0.700. The molecule has 0 N–H and O–H groups in total. The average Bonchev–Trinajstić information content (AvgIpc) is 1.98. The first-order valence-corrected chi connectivity index (χ1v) is 4.25. The zero-order chi connectivity index (χ0) is 10.4. The number of hydrogen-bond donors (Lipinski definition) is 0. The Morgan fingerprint density at radius 2 is 1.77 bits per heavy atom. The number of halogens is 2. The minimum Gasteiger partial charge on any atom is -0.305 e. The van der Waals surface area contributed by atoms with Gasteiger partial charge < -0.3 is 4.90 Å². The molecule has 0 bridgehead atoms. The van der Waals surface area contributed by atoms with Crippen LogP contribution in [0.3, 0.4) is 0 Å². The summed E-state index contributed by atoms with van der Waals surface area (Å²) in [5.41, 5.74) is 1.16. The van der Waals surface area contributed by atoms with Crippen LogP contribution >= 0.6 is 0 Å². The van der Waals surface area contributed by atoms with E-state index in [1.807, 2.05) is 19.0 Å². The van der Waals surface area contributed by atoms with Crippen LogP contribution in [0.1, 0.15) is 19.8 Å². The molecule has 0 amide bonds. The van der Waals surface area contributed by atoms with E-state index in [9.17, 15) is 8.78 Å². The highest BCUT2D eigenvalue weighted by molar-refractivity contribution is 5.05. The minimum absolute atomic E-state index is 0.167. The molecule has 0 unspecified atom stereocenters. The second-order valence-corrected chi connectivity index (χ2v) is 3.53. The molecule has 0 spiro atoms. The molecule has 0 fully saturated rings. The number of nitrogens with zero attached hydrogens (tertiary/aromatic N) is 1. The van der Waals surface area contributed by atoms with Crippen molar-refractivity contribution in [3.8, 4) is 0 Å². The van der Waals surface area contributed by atoms with E-state index in [0.29, 0.717) is 12.8 Å². The van der Waals surface area contributed by atoms with Crippen LogP contribution in [-0.2, 0) is 0 Å². The maximum absolute atomic E-state index is 12.0. The number of hydrogen-bond acceptors (Lipinski definition) is 1. The second kappa shape index (κ2) is 5.86. The van der Waals surface area contributed by atoms with Crippen molar-refractivity contribution in [2.24, 2.45) is 0 Å². The Kier molecular flexibility index (Phi) is 5.55. The lowest BCUT2D eigenvalue weighted by Gasteiger charge is -2.11. The first kappa shape index (κ1) is 12.3. The van der Waals surface area contributed by atoms with Crippen LogP contribution < -0.4 is 0 Å². The van der Waals surface area contributed by atoms with Crippen molar-refractivity contribution in [2.75, 3.05) is 20.6 Å². The van der Waals surface area contributed by atoms with Gasteiger partial charge in [-0.05, 0) is 39.4 Å². The molecular weight excluding hydrogens is 172 g/mol. The number of allylic oxidation sites excluding steroid dienone is 1. The summed E-state index contributed by atoms with van der Waals surface area (Å²) < 4.78 is 24.0. The highest BCUT2D eigenvalue weighted by Gasteiger charge is 2.02. The Bertz CT molecular complexity index is 203. The maximum Gasteiger partial charge on any atom is 0.269 e. The molecule has 0 atom stereocenters. The van der Waals surface area contributed by atoms with Gasteiger partial charge >= 0.3 is 0 Å². The number of rotatable bonds is 5. The van der Waals surface area contributed by atoms with E-state index < -0.39 is 6.08 Å². The smallest absolute Gasteiger partial charge is 0.269 e. The molecule has 0 saturated heterocycles. The average molecular weight is 189 g/mol. The third-order valence-electron chi connectivity index (χ3n) is 1.72. The van der Waals surface area contributed by atoms with E-state index in [1.54, 1.807) is 0 Å². The van der Waals surface area contributed by atoms with E-state index >= 15 is 0 Å². The highest BCUT2D eigenvalue weighted by Crippen LogP contribution is 2.15. The Morgan fingerprint density at radius 3 is 2.15 bits per heavy atom. The van der Waals surface area contributed by atoms with Crippen LogP contribution in [0, 0.1) is 0 Å². The largest absolute Gasteiger partial charge is 0.305 e. The van der Waals surface area contributed by atoms with Crippen molar-refractivity contribution in [1.29, 1.82) is 0 Å². The second-order valence-electron chi connectivity index (χ2n) is 3.53. The molecule has 0 aliphatic carbocycles. The van der Waals surface area contributed by atoms with Crippen LogP contribution in [0.5, 0.6) is 0 Å². The van der Waals surface area contributed by atoms with E-state index in [2.05, 4.69) is 6.58 Å². The zero-order valence-electron chi connectivity index (χ0n) is 8.53. The Morgan fingerprint density at radius 1 is 1.23 bits per heavy atom. The fraction of sp³-hybridized carbons (Fsp3) is 0.600. The number of likely N-dealkylation sites (N-methyl/N-ethyl adjacent to an activating group) is 1. The highest BCUT2D eigenvalue weighted by atomic mass is 19.3. The van der Waals surface area contributed by atoms with Crippen LogP contribution in [0.15, 0.2) is 23.8 Å². The SMILES string of the molecule is C=C(CCC(C)=C(F)F)CN(C)C. The lowest BCUT2D eigenvalue weighted by Crippen LogP contribution is -2.14. The van der Waals surface area contributed by atoms with E-state index in [-0.39, 0.29) is 5.57 Å². The molecule has 0 rings (SSSR count). The van der Waals surface area contributed by atoms with Gasteiger partial charge in [0.2, 0.25) is 0 Å². The summed E-state index contributed by atoms with van der Waals surface area (Å²) in [5, 5.41) is 0. The van der Waals surface area contributed by atoms with Gasteiger partial charge in [0.05, 0.1) is 0 Å². The fourth-order valence-corrected chi connectivity index (χ4v) is 0.985. The van der Waals surface area contributed by atoms with Crippen molar-refractivity contribution in [2.45, 2.75) is 19.8 Å². The molecule has 0 aliphatic rings. The normalized spacial score (nSPS) is 10.3. The molecule has 0 radical (unpaired) electrons. The van der Waals surface area contributed by atoms with Crippen molar-refractivity contribution in [3.63, 3.8) is 0 Å². The molecule has 0 aromatic carbocycles. The van der Waals surface area contributed by atoms with Gasteiger partial charge in [-0.15, -0.1) is 0 Å². The molecular formula is C10H17F2N. The molecule has 3 heteroatoms. The van der Waals surface area contributed by atoms with E-state index in [0.717, 1.165) is 12.1 Å². The zero-order valence-corrected chi connectivity index (χ0v) is 8.53. The summed E-state index contributed by atoms with van der Waals surface area (Å²) in [4.78, 5) is 1.98. The summed E-state index contributed by atoms with van der Waals surface area (Å²) in [7, 11) is 3.87. The van der Waals surface area contributed by atoms with E-state index in [4.69, 9.17) is 0 Å². The van der Waals surface area contributed by atoms with E-state index in [1.165, 1.54) is 6.92 Å². The summed E-state index contributed by atoms with van der Waals surface area (Å²) in [5.74, 6) is 0. The summed E-state index contributed by atoms with van der Waals surface area (Å²) in [6, 6.07) is 0. The molecule has 1 nitrogen and oxygen atoms in total. The lowest BCUT2D eigenvalue weighted by molar-refractivity contribution is 0.406. The molecule has 0 aromatic rings. The topological polar surface area (TPSA) is 3.24 Å². The predicted octanol–water partition coefficient (Wildman–Crippen LogP) is 3.05. The van der Waals surface area contributed by atoms with Crippen molar-refractivity contribution < 1.29 is 8.78 Å². The first-order chi connectivity index (χ1) is 5.93. The van der Waals surface area contributed by atoms with Crippen molar-refractivity contribution in [3.05, 3.63) is 23.8 Å². The molecule has 76 valence electrons. The fourth-order valence-electron chi connectivity index (χ4n) is 0.985. The molecule has 0 heterocycles. The monoisotopic (exact) mass is 189 g/mol. The first-order valence-electron chi connectivity index (χ1n) is 4.25. The Labute approximate surface area is 78.7 Å². The van der Waals surface area contributed by atoms with Gasteiger partial charge in [0, 0.05) is 6.54 Å².